The third kappa shape index (κ3) is 3.79. The molecule has 0 saturated heterocycles. The smallest absolute Gasteiger partial charge is 0.287 e. The average molecular weight is 345 g/mol. The Morgan fingerprint density at radius 3 is 2.63 bits per heavy atom. The molecule has 0 aromatic carbocycles. The van der Waals surface area contributed by atoms with E-state index in [4.69, 9.17) is 22.4 Å². The molecule has 19 heavy (non-hydrogen) atoms. The van der Waals surface area contributed by atoms with E-state index in [9.17, 15) is 4.79 Å². The lowest BCUT2D eigenvalue weighted by Gasteiger charge is -2.29. The molecular formula is C13H17BrN2O2S. The quantitative estimate of drug-likeness (QED) is 0.823. The molecule has 1 atom stereocenters. The normalized spacial score (nSPS) is 17.9. The van der Waals surface area contributed by atoms with E-state index in [2.05, 4.69) is 21.2 Å². The monoisotopic (exact) mass is 344 g/mol. The van der Waals surface area contributed by atoms with E-state index in [-0.39, 0.29) is 17.7 Å². The van der Waals surface area contributed by atoms with E-state index in [1.165, 1.54) is 19.3 Å². The molecule has 1 fully saturated rings. The van der Waals surface area contributed by atoms with Crippen LogP contribution in [0.15, 0.2) is 21.2 Å². The van der Waals surface area contributed by atoms with Gasteiger partial charge in [0, 0.05) is 0 Å². The molecule has 0 aliphatic heterocycles. The van der Waals surface area contributed by atoms with Gasteiger partial charge in [-0.3, -0.25) is 4.79 Å². The maximum Gasteiger partial charge on any atom is 0.287 e. The summed E-state index contributed by atoms with van der Waals surface area (Å²) in [6, 6.07) is 3.06. The Labute approximate surface area is 126 Å². The number of nitrogens with two attached hydrogens (primary N) is 1. The largest absolute Gasteiger partial charge is 0.444 e. The van der Waals surface area contributed by atoms with Gasteiger partial charge in [-0.15, -0.1) is 0 Å². The molecule has 1 aliphatic rings. The summed E-state index contributed by atoms with van der Waals surface area (Å²) in [5.41, 5.74) is 5.78. The van der Waals surface area contributed by atoms with Gasteiger partial charge in [-0.1, -0.05) is 31.5 Å². The van der Waals surface area contributed by atoms with Gasteiger partial charge in [0.15, 0.2) is 10.4 Å². The summed E-state index contributed by atoms with van der Waals surface area (Å²) in [5.74, 6) is 0.339. The second-order valence-electron chi connectivity index (χ2n) is 4.86. The van der Waals surface area contributed by atoms with Crippen LogP contribution in [0.3, 0.4) is 0 Å². The van der Waals surface area contributed by atoms with Crippen molar-refractivity contribution in [1.29, 1.82) is 0 Å². The van der Waals surface area contributed by atoms with Crippen molar-refractivity contribution < 1.29 is 9.21 Å². The summed E-state index contributed by atoms with van der Waals surface area (Å²) in [6.07, 6.45) is 5.71. The topological polar surface area (TPSA) is 68.3 Å². The summed E-state index contributed by atoms with van der Waals surface area (Å²) in [5, 5.41) is 2.90. The number of thiocarbonyl (C=S) groups is 1. The van der Waals surface area contributed by atoms with Crippen LogP contribution in [0.2, 0.25) is 0 Å². The number of hydrogen-bond acceptors (Lipinski definition) is 3. The molecule has 3 N–H and O–H groups in total. The lowest BCUT2D eigenvalue weighted by Crippen LogP contribution is -2.48. The maximum absolute atomic E-state index is 12.1. The van der Waals surface area contributed by atoms with E-state index in [0.29, 0.717) is 15.6 Å². The molecule has 6 heteroatoms. The summed E-state index contributed by atoms with van der Waals surface area (Å²) in [4.78, 5) is 12.4. The van der Waals surface area contributed by atoms with Gasteiger partial charge in [0.1, 0.15) is 0 Å². The lowest BCUT2D eigenvalue weighted by molar-refractivity contribution is 0.0902. The van der Waals surface area contributed by atoms with E-state index >= 15 is 0 Å². The zero-order chi connectivity index (χ0) is 13.8. The highest BCUT2D eigenvalue weighted by atomic mass is 79.9. The van der Waals surface area contributed by atoms with Crippen LogP contribution in [0.4, 0.5) is 0 Å². The number of rotatable bonds is 4. The van der Waals surface area contributed by atoms with Gasteiger partial charge in [-0.25, -0.2) is 0 Å². The minimum absolute atomic E-state index is 0.244. The van der Waals surface area contributed by atoms with Crippen molar-refractivity contribution in [3.05, 3.63) is 22.6 Å². The van der Waals surface area contributed by atoms with Crippen molar-refractivity contribution in [2.24, 2.45) is 11.7 Å². The van der Waals surface area contributed by atoms with Crippen LogP contribution < -0.4 is 11.1 Å². The summed E-state index contributed by atoms with van der Waals surface area (Å²) < 4.78 is 5.76. The second kappa shape index (κ2) is 6.52. The SMILES string of the molecule is NC(=S)C(NC(=O)c1ccc(Br)o1)C1CCCCC1. The number of hydrogen-bond donors (Lipinski definition) is 2. The standard InChI is InChI=1S/C13H17BrN2O2S/c14-10-7-6-9(18-10)13(17)16-11(12(15)19)8-4-2-1-3-5-8/h6-8,11H,1-5H2,(H2,15,19)(H,16,17). The molecule has 0 spiro atoms. The zero-order valence-corrected chi connectivity index (χ0v) is 12.9. The Morgan fingerprint density at radius 2 is 2.11 bits per heavy atom. The molecule has 0 radical (unpaired) electrons. The van der Waals surface area contributed by atoms with Crippen LogP contribution in [0.5, 0.6) is 0 Å². The van der Waals surface area contributed by atoms with Gasteiger partial charge >= 0.3 is 0 Å². The van der Waals surface area contributed by atoms with Gasteiger partial charge < -0.3 is 15.5 Å². The fraction of sp³-hybridized carbons (Fsp3) is 0.538. The fourth-order valence-corrected chi connectivity index (χ4v) is 3.10. The van der Waals surface area contributed by atoms with Crippen LogP contribution >= 0.6 is 28.1 Å². The van der Waals surface area contributed by atoms with Crippen molar-refractivity contribution in [2.75, 3.05) is 0 Å². The Kier molecular flexibility index (Phi) is 4.99. The first-order valence-corrected chi connectivity index (χ1v) is 7.63. The van der Waals surface area contributed by atoms with Crippen LogP contribution in [-0.2, 0) is 0 Å². The highest BCUT2D eigenvalue weighted by Crippen LogP contribution is 2.27. The van der Waals surface area contributed by atoms with Crippen molar-refractivity contribution in [3.63, 3.8) is 0 Å². The van der Waals surface area contributed by atoms with Crippen LogP contribution in [0.1, 0.15) is 42.7 Å². The zero-order valence-electron chi connectivity index (χ0n) is 10.5. The Morgan fingerprint density at radius 1 is 1.42 bits per heavy atom. The number of carbonyl (C=O) groups excluding carboxylic acids is 1. The highest BCUT2D eigenvalue weighted by Gasteiger charge is 2.28. The lowest BCUT2D eigenvalue weighted by atomic mass is 9.84. The summed E-state index contributed by atoms with van der Waals surface area (Å²) in [7, 11) is 0. The number of furan rings is 1. The maximum atomic E-state index is 12.1. The Balaban J connectivity index is 2.04. The van der Waals surface area contributed by atoms with E-state index in [0.717, 1.165) is 12.8 Å². The average Bonchev–Trinajstić information content (AvgIpc) is 2.83. The van der Waals surface area contributed by atoms with E-state index in [1.807, 2.05) is 0 Å². The van der Waals surface area contributed by atoms with Crippen molar-refractivity contribution in [1.82, 2.24) is 5.32 Å². The minimum atomic E-state index is -0.269. The first-order chi connectivity index (χ1) is 9.08. The van der Waals surface area contributed by atoms with Crippen molar-refractivity contribution >= 4 is 39.0 Å². The predicted molar refractivity (Wildman–Crippen MR) is 81.0 cm³/mol. The first-order valence-electron chi connectivity index (χ1n) is 6.43. The molecule has 4 nitrogen and oxygen atoms in total. The fourth-order valence-electron chi connectivity index (χ4n) is 2.54. The van der Waals surface area contributed by atoms with E-state index in [1.54, 1.807) is 12.1 Å². The molecule has 1 unspecified atom stereocenters. The molecule has 2 rings (SSSR count). The molecule has 104 valence electrons. The summed E-state index contributed by atoms with van der Waals surface area (Å²) in [6.45, 7) is 0. The van der Waals surface area contributed by atoms with Gasteiger partial charge in [-0.05, 0) is 46.8 Å². The van der Waals surface area contributed by atoms with Crippen LogP contribution in [0.25, 0.3) is 0 Å². The molecule has 0 bridgehead atoms. The number of nitrogens with one attached hydrogen (secondary N) is 1. The van der Waals surface area contributed by atoms with Crippen molar-refractivity contribution in [2.45, 2.75) is 38.1 Å². The van der Waals surface area contributed by atoms with Crippen LogP contribution in [-0.4, -0.2) is 16.9 Å². The number of halogens is 1. The van der Waals surface area contributed by atoms with Gasteiger partial charge in [0.25, 0.3) is 5.91 Å². The number of amides is 1. The second-order valence-corrected chi connectivity index (χ2v) is 6.11. The van der Waals surface area contributed by atoms with Gasteiger partial charge in [0.05, 0.1) is 11.0 Å². The summed E-state index contributed by atoms with van der Waals surface area (Å²) >= 11 is 8.27. The molecule has 1 aromatic rings. The predicted octanol–water partition coefficient (Wildman–Crippen LogP) is 3.01. The van der Waals surface area contributed by atoms with Gasteiger partial charge in [-0.2, -0.15) is 0 Å². The Bertz CT molecular complexity index is 469. The Hall–Kier alpha value is -0.880. The minimum Gasteiger partial charge on any atom is -0.444 e. The number of carbonyl (C=O) groups is 1. The molecule has 1 amide bonds. The first kappa shape index (κ1) is 14.5. The van der Waals surface area contributed by atoms with Gasteiger partial charge in [0.2, 0.25) is 0 Å². The molecular weight excluding hydrogens is 328 g/mol. The van der Waals surface area contributed by atoms with E-state index < -0.39 is 0 Å². The molecule has 1 aliphatic carbocycles. The molecule has 1 saturated carbocycles. The molecule has 1 aromatic heterocycles. The van der Waals surface area contributed by atoms with Crippen LogP contribution in [0, 0.1) is 5.92 Å². The van der Waals surface area contributed by atoms with Crippen molar-refractivity contribution in [3.8, 4) is 0 Å². The third-order valence-electron chi connectivity index (χ3n) is 3.51. The highest BCUT2D eigenvalue weighted by molar-refractivity contribution is 9.10. The molecule has 1 heterocycles. The third-order valence-corrected chi connectivity index (χ3v) is 4.19.